The van der Waals surface area contributed by atoms with Crippen molar-refractivity contribution in [2.45, 2.75) is 37.6 Å². The first kappa shape index (κ1) is 23.7. The van der Waals surface area contributed by atoms with Crippen LogP contribution in [-0.4, -0.2) is 52.7 Å². The molecule has 1 fully saturated rings. The molecule has 0 radical (unpaired) electrons. The fourth-order valence-electron chi connectivity index (χ4n) is 3.63. The van der Waals surface area contributed by atoms with Crippen molar-refractivity contribution < 1.29 is 26.9 Å². The van der Waals surface area contributed by atoms with E-state index in [2.05, 4.69) is 10.3 Å². The molecule has 1 N–H and O–H groups in total. The van der Waals surface area contributed by atoms with Gasteiger partial charge in [-0.3, -0.25) is 19.5 Å². The van der Waals surface area contributed by atoms with E-state index in [-0.39, 0.29) is 61.2 Å². The van der Waals surface area contributed by atoms with Crippen LogP contribution in [0.4, 0.5) is 14.5 Å². The first-order chi connectivity index (χ1) is 15.1. The highest BCUT2D eigenvalue weighted by Crippen LogP contribution is 2.28. The van der Waals surface area contributed by atoms with Gasteiger partial charge in [0.1, 0.15) is 5.82 Å². The van der Waals surface area contributed by atoms with Crippen molar-refractivity contribution in [2.75, 3.05) is 19.6 Å². The lowest BCUT2D eigenvalue weighted by atomic mass is 9.97. The number of hydrogen-bond acceptors (Lipinski definition) is 6. The molecule has 0 bridgehead atoms. The van der Waals surface area contributed by atoms with E-state index < -0.39 is 27.4 Å². The largest absolute Gasteiger partial charge is 0.355 e. The monoisotopic (exact) mass is 471 g/mol. The second-order valence-corrected chi connectivity index (χ2v) is 9.36. The Hall–Kier alpha value is -2.93. The van der Waals surface area contributed by atoms with E-state index in [1.165, 1.54) is 28.8 Å². The third-order valence-electron chi connectivity index (χ3n) is 5.43. The molecule has 32 heavy (non-hydrogen) atoms. The summed E-state index contributed by atoms with van der Waals surface area (Å²) in [5, 5.41) is 13.7. The first-order valence-electron chi connectivity index (χ1n) is 9.94. The van der Waals surface area contributed by atoms with Gasteiger partial charge in [-0.05, 0) is 25.3 Å². The van der Waals surface area contributed by atoms with E-state index in [1.54, 1.807) is 6.92 Å². The van der Waals surface area contributed by atoms with Crippen molar-refractivity contribution in [3.63, 3.8) is 0 Å². The highest BCUT2D eigenvalue weighted by molar-refractivity contribution is 7.89. The SMILES string of the molecule is Cc1ccc([N+](=O)[O-])cc1S(=O)(=O)N1CCC(C(=O)NCCc2nccn2C(F)F)CC1. The van der Waals surface area contributed by atoms with Gasteiger partial charge < -0.3 is 5.32 Å². The van der Waals surface area contributed by atoms with E-state index >= 15 is 0 Å². The van der Waals surface area contributed by atoms with Crippen molar-refractivity contribution >= 4 is 21.6 Å². The summed E-state index contributed by atoms with van der Waals surface area (Å²) in [6.07, 6.45) is 3.14. The first-order valence-corrected chi connectivity index (χ1v) is 11.4. The standard InChI is InChI=1S/C19H23F2N5O5S/c1-13-2-3-15(26(28)29)12-16(13)32(30,31)24-9-5-14(6-10-24)18(27)23-7-4-17-22-8-11-25(17)19(20)21/h2-3,8,11-12,14,19H,4-7,9-10H2,1H3,(H,23,27). The molecule has 1 aliphatic rings. The Morgan fingerprint density at radius 3 is 2.66 bits per heavy atom. The number of sulfonamides is 1. The molecule has 13 heteroatoms. The number of piperidine rings is 1. The molecule has 2 heterocycles. The molecule has 0 saturated carbocycles. The number of carbonyl (C=O) groups excluding carboxylic acids is 1. The molecule has 0 aliphatic carbocycles. The van der Waals surface area contributed by atoms with Gasteiger partial charge in [-0.15, -0.1) is 0 Å². The number of nitrogens with zero attached hydrogens (tertiary/aromatic N) is 4. The number of hydrogen-bond donors (Lipinski definition) is 1. The number of non-ortho nitro benzene ring substituents is 1. The van der Waals surface area contributed by atoms with Crippen molar-refractivity contribution in [1.29, 1.82) is 0 Å². The number of rotatable bonds is 8. The average molecular weight is 471 g/mol. The maximum absolute atomic E-state index is 13.0. The van der Waals surface area contributed by atoms with Gasteiger partial charge in [0.15, 0.2) is 0 Å². The third-order valence-corrected chi connectivity index (χ3v) is 7.47. The summed E-state index contributed by atoms with van der Waals surface area (Å²) >= 11 is 0. The zero-order chi connectivity index (χ0) is 23.5. The number of imidazole rings is 1. The van der Waals surface area contributed by atoms with Crippen molar-refractivity contribution in [2.24, 2.45) is 5.92 Å². The van der Waals surface area contributed by atoms with Gasteiger partial charge in [0.25, 0.3) is 5.69 Å². The van der Waals surface area contributed by atoms with Gasteiger partial charge in [0.2, 0.25) is 15.9 Å². The van der Waals surface area contributed by atoms with Gasteiger partial charge in [0, 0.05) is 56.5 Å². The lowest BCUT2D eigenvalue weighted by molar-refractivity contribution is -0.385. The van der Waals surface area contributed by atoms with Crippen LogP contribution in [0.5, 0.6) is 0 Å². The second-order valence-electron chi connectivity index (χ2n) is 7.45. The summed E-state index contributed by atoms with van der Waals surface area (Å²) in [5.74, 6) is -0.528. The number of carbonyl (C=O) groups is 1. The van der Waals surface area contributed by atoms with Crippen LogP contribution in [0.1, 0.15) is 30.8 Å². The highest BCUT2D eigenvalue weighted by Gasteiger charge is 2.33. The maximum atomic E-state index is 13.0. The van der Waals surface area contributed by atoms with Crippen LogP contribution in [0.25, 0.3) is 0 Å². The molecule has 1 saturated heterocycles. The zero-order valence-corrected chi connectivity index (χ0v) is 18.1. The summed E-state index contributed by atoms with van der Waals surface area (Å²) < 4.78 is 53.6. The average Bonchev–Trinajstić information content (AvgIpc) is 3.22. The molecule has 3 rings (SSSR count). The lowest BCUT2D eigenvalue weighted by Gasteiger charge is -2.30. The molecule has 0 spiro atoms. The number of nitro groups is 1. The van der Waals surface area contributed by atoms with E-state index in [9.17, 15) is 32.1 Å². The number of alkyl halides is 2. The van der Waals surface area contributed by atoms with Crippen molar-refractivity contribution in [1.82, 2.24) is 19.2 Å². The Bertz CT molecular complexity index is 1100. The Morgan fingerprint density at radius 2 is 2.03 bits per heavy atom. The maximum Gasteiger partial charge on any atom is 0.319 e. The summed E-state index contributed by atoms with van der Waals surface area (Å²) in [6, 6.07) is 3.69. The van der Waals surface area contributed by atoms with Gasteiger partial charge >= 0.3 is 6.55 Å². The van der Waals surface area contributed by atoms with Crippen LogP contribution in [0.3, 0.4) is 0 Å². The minimum absolute atomic E-state index is 0.0956. The van der Waals surface area contributed by atoms with E-state index in [1.807, 2.05) is 0 Å². The minimum atomic E-state index is -3.94. The predicted octanol–water partition coefficient (Wildman–Crippen LogP) is 2.25. The molecule has 1 aromatic heterocycles. The van der Waals surface area contributed by atoms with Crippen LogP contribution in [0.15, 0.2) is 35.5 Å². The summed E-state index contributed by atoms with van der Waals surface area (Å²) in [6.45, 7) is -0.815. The van der Waals surface area contributed by atoms with Gasteiger partial charge in [0.05, 0.1) is 9.82 Å². The van der Waals surface area contributed by atoms with Crippen molar-refractivity contribution in [3.05, 3.63) is 52.1 Å². The van der Waals surface area contributed by atoms with Crippen molar-refractivity contribution in [3.8, 4) is 0 Å². The molecule has 1 aliphatic heterocycles. The normalized spacial score (nSPS) is 15.8. The third kappa shape index (κ3) is 5.10. The molecular formula is C19H23F2N5O5S. The van der Waals surface area contributed by atoms with Gasteiger partial charge in [-0.1, -0.05) is 6.07 Å². The van der Waals surface area contributed by atoms with Crippen LogP contribution in [0.2, 0.25) is 0 Å². The molecular weight excluding hydrogens is 448 g/mol. The Balaban J connectivity index is 1.56. The number of halogens is 2. The van der Waals surface area contributed by atoms with E-state index in [0.717, 1.165) is 10.6 Å². The fraction of sp³-hybridized carbons (Fsp3) is 0.474. The quantitative estimate of drug-likeness (QED) is 0.465. The Morgan fingerprint density at radius 1 is 1.34 bits per heavy atom. The van der Waals surface area contributed by atoms with E-state index in [0.29, 0.717) is 5.56 Å². The molecule has 1 aromatic carbocycles. The minimum Gasteiger partial charge on any atom is -0.355 e. The van der Waals surface area contributed by atoms with Crippen LogP contribution >= 0.6 is 0 Å². The van der Waals surface area contributed by atoms with Gasteiger partial charge in [-0.25, -0.2) is 13.4 Å². The second kappa shape index (κ2) is 9.69. The predicted molar refractivity (Wildman–Crippen MR) is 110 cm³/mol. The topological polar surface area (TPSA) is 127 Å². The Labute approximate surface area is 183 Å². The number of amides is 1. The number of benzene rings is 1. The number of nitrogens with one attached hydrogen (secondary N) is 1. The fourth-order valence-corrected chi connectivity index (χ4v) is 5.35. The molecule has 0 unspecified atom stereocenters. The summed E-state index contributed by atoms with van der Waals surface area (Å²) in [4.78, 5) is 26.5. The van der Waals surface area contributed by atoms with Gasteiger partial charge in [-0.2, -0.15) is 13.1 Å². The molecule has 0 atom stereocenters. The number of nitro benzene ring substituents is 1. The molecule has 10 nitrogen and oxygen atoms in total. The van der Waals surface area contributed by atoms with E-state index in [4.69, 9.17) is 0 Å². The molecule has 1 amide bonds. The zero-order valence-electron chi connectivity index (χ0n) is 17.3. The van der Waals surface area contributed by atoms with Crippen LogP contribution in [0, 0.1) is 23.0 Å². The summed E-state index contributed by atoms with van der Waals surface area (Å²) in [5.41, 5.74) is 0.0912. The van der Waals surface area contributed by atoms with Crippen LogP contribution < -0.4 is 5.32 Å². The number of aromatic nitrogens is 2. The number of aryl methyl sites for hydroxylation is 1. The lowest BCUT2D eigenvalue weighted by Crippen LogP contribution is -2.43. The smallest absolute Gasteiger partial charge is 0.319 e. The molecule has 174 valence electrons. The summed E-state index contributed by atoms with van der Waals surface area (Å²) in [7, 11) is -3.94. The van der Waals surface area contributed by atoms with Crippen LogP contribution in [-0.2, 0) is 21.2 Å². The molecule has 2 aromatic rings. The Kier molecular flexibility index (Phi) is 7.19. The highest BCUT2D eigenvalue weighted by atomic mass is 32.2.